The van der Waals surface area contributed by atoms with E-state index in [1.54, 1.807) is 35.6 Å². The van der Waals surface area contributed by atoms with Crippen molar-refractivity contribution >= 4 is 40.0 Å². The van der Waals surface area contributed by atoms with E-state index in [-0.39, 0.29) is 11.2 Å². The van der Waals surface area contributed by atoms with E-state index in [1.807, 2.05) is 31.2 Å². The Hall–Kier alpha value is -4.05. The maximum absolute atomic E-state index is 14.0. The molecular formula is C25H19F2N5O2S. The van der Waals surface area contributed by atoms with Gasteiger partial charge in [-0.05, 0) is 49.7 Å². The summed E-state index contributed by atoms with van der Waals surface area (Å²) in [5.74, 6) is -1.63. The van der Waals surface area contributed by atoms with Crippen LogP contribution in [0.4, 0.5) is 14.5 Å². The Bertz CT molecular complexity index is 1660. The fraction of sp³-hybridized carbons (Fsp3) is 0.120. The van der Waals surface area contributed by atoms with Gasteiger partial charge in [0.2, 0.25) is 11.7 Å². The standard InChI is InChI=1S/C25H19F2N5O2S/c1-14-7-3-5-9-20(14)31-23(34)17-8-4-6-10-21(17)32-24(31)29-30-25(32)35-15(2)22(33)28-19-13-16(26)11-12-18(19)27/h3-13,15H,1-2H3,(H,28,33). The number of nitrogens with zero attached hydrogens (tertiary/aromatic N) is 4. The van der Waals surface area contributed by atoms with Crippen LogP contribution in [0.1, 0.15) is 12.5 Å². The quantitative estimate of drug-likeness (QED) is 0.359. The number of nitrogens with one attached hydrogen (secondary N) is 1. The molecule has 5 rings (SSSR count). The second-order valence-corrected chi connectivity index (χ2v) is 9.24. The zero-order valence-electron chi connectivity index (χ0n) is 18.7. The smallest absolute Gasteiger partial charge is 0.267 e. The van der Waals surface area contributed by atoms with E-state index in [0.29, 0.717) is 27.5 Å². The number of aromatic nitrogens is 4. The Morgan fingerprint density at radius 3 is 2.57 bits per heavy atom. The summed E-state index contributed by atoms with van der Waals surface area (Å²) in [6, 6.07) is 17.4. The lowest BCUT2D eigenvalue weighted by Crippen LogP contribution is -2.24. The minimum absolute atomic E-state index is 0.237. The van der Waals surface area contributed by atoms with Gasteiger partial charge in [-0.1, -0.05) is 42.1 Å². The van der Waals surface area contributed by atoms with Gasteiger partial charge in [0.05, 0.1) is 27.5 Å². The molecule has 2 heterocycles. The van der Waals surface area contributed by atoms with Gasteiger partial charge in [0.25, 0.3) is 5.56 Å². The van der Waals surface area contributed by atoms with Gasteiger partial charge in [0.1, 0.15) is 11.6 Å². The highest BCUT2D eigenvalue weighted by molar-refractivity contribution is 8.00. The maximum Gasteiger partial charge on any atom is 0.267 e. The van der Waals surface area contributed by atoms with Crippen LogP contribution in [0.25, 0.3) is 22.4 Å². The van der Waals surface area contributed by atoms with Crippen molar-refractivity contribution in [1.29, 1.82) is 0 Å². The van der Waals surface area contributed by atoms with Gasteiger partial charge >= 0.3 is 0 Å². The van der Waals surface area contributed by atoms with Crippen LogP contribution in [0.5, 0.6) is 0 Å². The van der Waals surface area contributed by atoms with Crippen LogP contribution in [0.15, 0.2) is 76.7 Å². The Morgan fingerprint density at radius 1 is 1.03 bits per heavy atom. The molecule has 35 heavy (non-hydrogen) atoms. The minimum Gasteiger partial charge on any atom is -0.323 e. The van der Waals surface area contributed by atoms with Crippen molar-refractivity contribution in [2.45, 2.75) is 24.3 Å². The van der Waals surface area contributed by atoms with Crippen LogP contribution >= 0.6 is 11.8 Å². The van der Waals surface area contributed by atoms with Gasteiger partial charge in [-0.2, -0.15) is 0 Å². The number of para-hydroxylation sites is 2. The molecule has 176 valence electrons. The summed E-state index contributed by atoms with van der Waals surface area (Å²) in [7, 11) is 0. The number of anilines is 1. The van der Waals surface area contributed by atoms with Crippen molar-refractivity contribution in [2.75, 3.05) is 5.32 Å². The molecule has 7 nitrogen and oxygen atoms in total. The van der Waals surface area contributed by atoms with E-state index < -0.39 is 22.8 Å². The summed E-state index contributed by atoms with van der Waals surface area (Å²) in [4.78, 5) is 26.2. The van der Waals surface area contributed by atoms with Gasteiger partial charge in [0.15, 0.2) is 5.16 Å². The molecule has 0 fully saturated rings. The predicted molar refractivity (Wildman–Crippen MR) is 131 cm³/mol. The maximum atomic E-state index is 14.0. The molecule has 0 aliphatic rings. The number of aryl methyl sites for hydroxylation is 1. The van der Waals surface area contributed by atoms with Crippen molar-refractivity contribution in [1.82, 2.24) is 19.2 Å². The third kappa shape index (κ3) is 4.06. The largest absolute Gasteiger partial charge is 0.323 e. The van der Waals surface area contributed by atoms with Crippen LogP contribution in [0.3, 0.4) is 0 Å². The van der Waals surface area contributed by atoms with Gasteiger partial charge in [-0.15, -0.1) is 10.2 Å². The lowest BCUT2D eigenvalue weighted by atomic mass is 10.2. The molecule has 10 heteroatoms. The molecule has 0 aliphatic carbocycles. The van der Waals surface area contributed by atoms with Crippen molar-refractivity contribution in [3.63, 3.8) is 0 Å². The Morgan fingerprint density at radius 2 is 1.77 bits per heavy atom. The molecule has 0 spiro atoms. The number of thioether (sulfide) groups is 1. The summed E-state index contributed by atoms with van der Waals surface area (Å²) in [5.41, 5.74) is 1.66. The van der Waals surface area contributed by atoms with Crippen molar-refractivity contribution < 1.29 is 13.6 Å². The lowest BCUT2D eigenvalue weighted by molar-refractivity contribution is -0.115. The first-order valence-electron chi connectivity index (χ1n) is 10.7. The van der Waals surface area contributed by atoms with E-state index >= 15 is 0 Å². The van der Waals surface area contributed by atoms with Gasteiger partial charge in [-0.3, -0.25) is 14.0 Å². The third-order valence-electron chi connectivity index (χ3n) is 5.59. The molecule has 2 aromatic heterocycles. The first kappa shape index (κ1) is 22.7. The second kappa shape index (κ2) is 8.95. The molecule has 0 saturated carbocycles. The number of halogens is 2. The number of carbonyl (C=O) groups is 1. The van der Waals surface area contributed by atoms with E-state index in [2.05, 4.69) is 15.5 Å². The molecule has 0 saturated heterocycles. The van der Waals surface area contributed by atoms with E-state index in [1.165, 1.54) is 4.57 Å². The van der Waals surface area contributed by atoms with Crippen LogP contribution in [0, 0.1) is 18.6 Å². The van der Waals surface area contributed by atoms with Crippen LogP contribution in [-0.4, -0.2) is 30.3 Å². The number of hydrogen-bond acceptors (Lipinski definition) is 5. The highest BCUT2D eigenvalue weighted by Gasteiger charge is 2.23. The molecule has 3 aromatic carbocycles. The Labute approximate surface area is 202 Å². The van der Waals surface area contributed by atoms with E-state index in [0.717, 1.165) is 35.5 Å². The van der Waals surface area contributed by atoms with Crippen LogP contribution in [0.2, 0.25) is 0 Å². The average molecular weight is 492 g/mol. The molecule has 0 bridgehead atoms. The molecule has 1 unspecified atom stereocenters. The second-order valence-electron chi connectivity index (χ2n) is 7.94. The SMILES string of the molecule is Cc1ccccc1-n1c(=O)c2ccccc2n2c(SC(C)C(=O)Nc3cc(F)ccc3F)nnc12. The predicted octanol–water partition coefficient (Wildman–Crippen LogP) is 4.74. The monoisotopic (exact) mass is 491 g/mol. The van der Waals surface area contributed by atoms with Crippen LogP contribution in [-0.2, 0) is 4.79 Å². The fourth-order valence-electron chi connectivity index (χ4n) is 3.83. The van der Waals surface area contributed by atoms with E-state index in [9.17, 15) is 18.4 Å². The van der Waals surface area contributed by atoms with Crippen LogP contribution < -0.4 is 10.9 Å². The molecule has 1 amide bonds. The Balaban J connectivity index is 1.59. The molecule has 0 aliphatic heterocycles. The number of hydrogen-bond donors (Lipinski definition) is 1. The topological polar surface area (TPSA) is 81.3 Å². The molecule has 5 aromatic rings. The van der Waals surface area contributed by atoms with Crippen molar-refractivity contribution in [3.05, 3.63) is 94.3 Å². The van der Waals surface area contributed by atoms with Gasteiger partial charge in [-0.25, -0.2) is 13.3 Å². The van der Waals surface area contributed by atoms with Crippen molar-refractivity contribution in [3.8, 4) is 5.69 Å². The average Bonchev–Trinajstić information content (AvgIpc) is 3.26. The first-order chi connectivity index (χ1) is 16.8. The summed E-state index contributed by atoms with van der Waals surface area (Å²) in [5, 5.41) is 11.1. The highest BCUT2D eigenvalue weighted by atomic mass is 32.2. The molecule has 1 atom stereocenters. The summed E-state index contributed by atoms with van der Waals surface area (Å²) in [6.45, 7) is 3.52. The normalized spacial score (nSPS) is 12.2. The number of fused-ring (bicyclic) bond motifs is 3. The van der Waals surface area contributed by atoms with Gasteiger partial charge in [0, 0.05) is 6.07 Å². The zero-order chi connectivity index (χ0) is 24.7. The summed E-state index contributed by atoms with van der Waals surface area (Å²) in [6.07, 6.45) is 0. The number of rotatable bonds is 5. The molecule has 1 N–H and O–H groups in total. The first-order valence-corrected chi connectivity index (χ1v) is 11.6. The minimum atomic E-state index is -0.738. The third-order valence-corrected chi connectivity index (χ3v) is 6.63. The fourth-order valence-corrected chi connectivity index (χ4v) is 4.68. The van der Waals surface area contributed by atoms with Gasteiger partial charge < -0.3 is 5.32 Å². The number of carbonyl (C=O) groups excluding carboxylic acids is 1. The zero-order valence-corrected chi connectivity index (χ0v) is 19.5. The highest BCUT2D eigenvalue weighted by Crippen LogP contribution is 2.27. The number of benzene rings is 3. The Kier molecular flexibility index (Phi) is 5.81. The summed E-state index contributed by atoms with van der Waals surface area (Å²) < 4.78 is 30.7. The van der Waals surface area contributed by atoms with Crippen molar-refractivity contribution in [2.24, 2.45) is 0 Å². The number of amides is 1. The summed E-state index contributed by atoms with van der Waals surface area (Å²) >= 11 is 1.09. The van der Waals surface area contributed by atoms with E-state index in [4.69, 9.17) is 0 Å². The lowest BCUT2D eigenvalue weighted by Gasteiger charge is -2.14. The molecular weight excluding hydrogens is 472 g/mol. The molecule has 0 radical (unpaired) electrons.